The number of hydrogen-bond acceptors (Lipinski definition) is 4. The monoisotopic (exact) mass is 317 g/mol. The average molecular weight is 317 g/mol. The van der Waals surface area contributed by atoms with Crippen molar-refractivity contribution in [1.82, 2.24) is 34.9 Å². The van der Waals surface area contributed by atoms with Crippen molar-refractivity contribution < 1.29 is 4.79 Å². The number of carbonyl (C=O) groups is 1. The van der Waals surface area contributed by atoms with Gasteiger partial charge < -0.3 is 14.8 Å². The molecular weight excluding hydrogens is 294 g/mol. The number of urea groups is 1. The van der Waals surface area contributed by atoms with Gasteiger partial charge in [-0.15, -0.1) is 0 Å². The molecule has 124 valence electrons. The fraction of sp³-hybridized carbons (Fsp3) is 0.533. The van der Waals surface area contributed by atoms with Crippen molar-refractivity contribution in [2.75, 3.05) is 26.7 Å². The summed E-state index contributed by atoms with van der Waals surface area (Å²) in [6.45, 7) is 4.61. The van der Waals surface area contributed by atoms with Gasteiger partial charge in [-0.05, 0) is 14.0 Å². The number of nitrogens with one attached hydrogen (secondary N) is 2. The SMILES string of the molecule is Cc1[nH]ncc1CNC(=O)N1CCN(C)C(c2nccn2C)C1. The molecule has 2 aromatic rings. The van der Waals surface area contributed by atoms with Gasteiger partial charge in [0.2, 0.25) is 0 Å². The molecule has 1 aliphatic rings. The summed E-state index contributed by atoms with van der Waals surface area (Å²) in [6, 6.07) is 0.0723. The Morgan fingerprint density at radius 3 is 2.91 bits per heavy atom. The second-order valence-corrected chi connectivity index (χ2v) is 6.02. The van der Waals surface area contributed by atoms with Crippen LogP contribution in [0.2, 0.25) is 0 Å². The molecule has 0 aromatic carbocycles. The Morgan fingerprint density at radius 1 is 1.43 bits per heavy atom. The Kier molecular flexibility index (Phi) is 4.33. The molecule has 1 saturated heterocycles. The van der Waals surface area contributed by atoms with Crippen molar-refractivity contribution in [3.05, 3.63) is 35.7 Å². The van der Waals surface area contributed by atoms with Crippen LogP contribution in [0.1, 0.15) is 23.1 Å². The van der Waals surface area contributed by atoms with Crippen molar-refractivity contribution >= 4 is 6.03 Å². The molecule has 2 amide bonds. The summed E-state index contributed by atoms with van der Waals surface area (Å²) in [7, 11) is 4.06. The number of likely N-dealkylation sites (N-methyl/N-ethyl adjacent to an activating group) is 1. The highest BCUT2D eigenvalue weighted by molar-refractivity contribution is 5.74. The van der Waals surface area contributed by atoms with E-state index in [9.17, 15) is 4.79 Å². The molecule has 0 bridgehead atoms. The molecule has 1 atom stereocenters. The fourth-order valence-corrected chi connectivity index (χ4v) is 2.87. The van der Waals surface area contributed by atoms with Crippen molar-refractivity contribution in [3.63, 3.8) is 0 Å². The first-order valence-corrected chi connectivity index (χ1v) is 7.75. The third-order valence-electron chi connectivity index (χ3n) is 4.46. The minimum absolute atomic E-state index is 0.0436. The minimum atomic E-state index is -0.0436. The summed E-state index contributed by atoms with van der Waals surface area (Å²) >= 11 is 0. The van der Waals surface area contributed by atoms with Gasteiger partial charge >= 0.3 is 6.03 Å². The second kappa shape index (κ2) is 6.41. The first-order chi connectivity index (χ1) is 11.1. The largest absolute Gasteiger partial charge is 0.337 e. The van der Waals surface area contributed by atoms with Crippen LogP contribution in [0.4, 0.5) is 4.79 Å². The molecule has 2 N–H and O–H groups in total. The van der Waals surface area contributed by atoms with Gasteiger partial charge in [0, 0.05) is 56.9 Å². The number of aryl methyl sites for hydroxylation is 2. The van der Waals surface area contributed by atoms with E-state index >= 15 is 0 Å². The van der Waals surface area contributed by atoms with E-state index < -0.39 is 0 Å². The maximum absolute atomic E-state index is 12.4. The van der Waals surface area contributed by atoms with Crippen molar-refractivity contribution in [2.45, 2.75) is 19.5 Å². The van der Waals surface area contributed by atoms with Crippen LogP contribution in [0, 0.1) is 6.92 Å². The first-order valence-electron chi connectivity index (χ1n) is 7.75. The second-order valence-electron chi connectivity index (χ2n) is 6.02. The molecule has 1 aliphatic heterocycles. The van der Waals surface area contributed by atoms with Crippen molar-refractivity contribution in [1.29, 1.82) is 0 Å². The summed E-state index contributed by atoms with van der Waals surface area (Å²) in [6.07, 6.45) is 5.48. The van der Waals surface area contributed by atoms with E-state index in [1.54, 1.807) is 12.4 Å². The Hall–Kier alpha value is -2.35. The zero-order valence-electron chi connectivity index (χ0n) is 13.8. The molecule has 2 aromatic heterocycles. The number of aromatic amines is 1. The zero-order valence-corrected chi connectivity index (χ0v) is 13.8. The Morgan fingerprint density at radius 2 is 2.26 bits per heavy atom. The van der Waals surface area contributed by atoms with Crippen molar-refractivity contribution in [2.24, 2.45) is 7.05 Å². The predicted molar refractivity (Wildman–Crippen MR) is 85.7 cm³/mol. The first kappa shape index (κ1) is 15.5. The highest BCUT2D eigenvalue weighted by atomic mass is 16.2. The van der Waals surface area contributed by atoms with E-state index in [1.165, 1.54) is 0 Å². The summed E-state index contributed by atoms with van der Waals surface area (Å²) in [5.74, 6) is 0.982. The molecular formula is C15H23N7O. The zero-order chi connectivity index (χ0) is 16.4. The summed E-state index contributed by atoms with van der Waals surface area (Å²) in [5, 5.41) is 9.82. The Balaban J connectivity index is 1.63. The van der Waals surface area contributed by atoms with Gasteiger partial charge in [-0.25, -0.2) is 9.78 Å². The standard InChI is InChI=1S/C15H23N7O/c1-11-12(9-18-19-11)8-17-15(23)22-7-6-20(2)13(10-22)14-16-4-5-21(14)3/h4-5,9,13H,6-8,10H2,1-3H3,(H,17,23)(H,18,19). The lowest BCUT2D eigenvalue weighted by molar-refractivity contribution is 0.104. The Bertz CT molecular complexity index is 677. The number of rotatable bonds is 3. The summed E-state index contributed by atoms with van der Waals surface area (Å²) < 4.78 is 2.01. The van der Waals surface area contributed by atoms with Gasteiger partial charge in [0.05, 0.1) is 12.2 Å². The topological polar surface area (TPSA) is 82.1 Å². The van der Waals surface area contributed by atoms with Crippen LogP contribution in [-0.2, 0) is 13.6 Å². The lowest BCUT2D eigenvalue weighted by Gasteiger charge is -2.38. The van der Waals surface area contributed by atoms with Crippen LogP contribution >= 0.6 is 0 Å². The fourth-order valence-electron chi connectivity index (χ4n) is 2.87. The third-order valence-corrected chi connectivity index (χ3v) is 4.46. The van der Waals surface area contributed by atoms with E-state index in [2.05, 4.69) is 32.4 Å². The van der Waals surface area contributed by atoms with Crippen LogP contribution in [0.5, 0.6) is 0 Å². The molecule has 0 spiro atoms. The number of aromatic nitrogens is 4. The van der Waals surface area contributed by atoms with Gasteiger partial charge in [-0.1, -0.05) is 0 Å². The number of H-pyrrole nitrogens is 1. The molecule has 3 rings (SSSR count). The highest BCUT2D eigenvalue weighted by Gasteiger charge is 2.30. The van der Waals surface area contributed by atoms with Crippen LogP contribution < -0.4 is 5.32 Å². The normalized spacial score (nSPS) is 19.1. The smallest absolute Gasteiger partial charge is 0.317 e. The quantitative estimate of drug-likeness (QED) is 0.871. The molecule has 0 aliphatic carbocycles. The van der Waals surface area contributed by atoms with E-state index in [0.29, 0.717) is 19.6 Å². The van der Waals surface area contributed by atoms with Gasteiger partial charge in [0.15, 0.2) is 0 Å². The molecule has 8 heteroatoms. The summed E-state index contributed by atoms with van der Waals surface area (Å²) in [5.41, 5.74) is 1.99. The molecule has 8 nitrogen and oxygen atoms in total. The number of hydrogen-bond donors (Lipinski definition) is 2. The number of piperazine rings is 1. The van der Waals surface area contributed by atoms with Crippen molar-refractivity contribution in [3.8, 4) is 0 Å². The number of imidazole rings is 1. The minimum Gasteiger partial charge on any atom is -0.337 e. The highest BCUT2D eigenvalue weighted by Crippen LogP contribution is 2.22. The molecule has 1 unspecified atom stereocenters. The molecule has 3 heterocycles. The van der Waals surface area contributed by atoms with Gasteiger partial charge in [-0.3, -0.25) is 10.00 Å². The van der Waals surface area contributed by atoms with Crippen LogP contribution in [-0.4, -0.2) is 62.3 Å². The van der Waals surface area contributed by atoms with E-state index in [-0.39, 0.29) is 12.1 Å². The number of carbonyl (C=O) groups excluding carboxylic acids is 1. The van der Waals surface area contributed by atoms with Crippen LogP contribution in [0.25, 0.3) is 0 Å². The molecule has 23 heavy (non-hydrogen) atoms. The maximum Gasteiger partial charge on any atom is 0.317 e. The Labute approximate surface area is 135 Å². The number of amides is 2. The maximum atomic E-state index is 12.4. The lowest BCUT2D eigenvalue weighted by Crippen LogP contribution is -2.52. The van der Waals surface area contributed by atoms with Gasteiger partial charge in [0.25, 0.3) is 0 Å². The third kappa shape index (κ3) is 3.21. The van der Waals surface area contributed by atoms with E-state index in [4.69, 9.17) is 0 Å². The van der Waals surface area contributed by atoms with Crippen LogP contribution in [0.3, 0.4) is 0 Å². The predicted octanol–water partition coefficient (Wildman–Crippen LogP) is 0.650. The lowest BCUT2D eigenvalue weighted by atomic mass is 10.1. The van der Waals surface area contributed by atoms with Crippen LogP contribution in [0.15, 0.2) is 18.6 Å². The molecule has 0 saturated carbocycles. The summed E-state index contributed by atoms with van der Waals surface area (Å²) in [4.78, 5) is 21.0. The number of nitrogens with zero attached hydrogens (tertiary/aromatic N) is 5. The van der Waals surface area contributed by atoms with Gasteiger partial charge in [-0.2, -0.15) is 5.10 Å². The average Bonchev–Trinajstić information content (AvgIpc) is 3.14. The molecule has 0 radical (unpaired) electrons. The van der Waals surface area contributed by atoms with E-state index in [1.807, 2.05) is 29.6 Å². The van der Waals surface area contributed by atoms with E-state index in [0.717, 1.165) is 23.6 Å². The van der Waals surface area contributed by atoms with Gasteiger partial charge in [0.1, 0.15) is 5.82 Å². The molecule has 1 fully saturated rings.